The maximum absolute atomic E-state index is 11.8. The molecule has 3 aromatic rings. The first-order valence-electron chi connectivity index (χ1n) is 9.65. The van der Waals surface area contributed by atoms with Gasteiger partial charge in [-0.25, -0.2) is 15.0 Å². The lowest BCUT2D eigenvalue weighted by Crippen LogP contribution is -2.29. The van der Waals surface area contributed by atoms with Crippen molar-refractivity contribution in [2.45, 2.75) is 25.5 Å². The monoisotopic (exact) mass is 389 g/mol. The highest BCUT2D eigenvalue weighted by atomic mass is 16.5. The van der Waals surface area contributed by atoms with Gasteiger partial charge in [0.25, 0.3) is 0 Å². The maximum atomic E-state index is 11.8. The first-order valence-corrected chi connectivity index (χ1v) is 9.65. The van der Waals surface area contributed by atoms with E-state index in [0.717, 1.165) is 17.5 Å². The third kappa shape index (κ3) is 4.18. The number of amides is 1. The van der Waals surface area contributed by atoms with E-state index in [4.69, 9.17) is 4.74 Å². The van der Waals surface area contributed by atoms with Crippen LogP contribution in [0.25, 0.3) is 11.0 Å². The SMILES string of the molecule is C=CC(=O)N1CC[C@H](Oc2ccc3ncnc(N[C@H](C)c4ccccc4)c3n2)C1. The van der Waals surface area contributed by atoms with Gasteiger partial charge in [0, 0.05) is 19.0 Å². The maximum Gasteiger partial charge on any atom is 0.246 e. The molecule has 1 fully saturated rings. The van der Waals surface area contributed by atoms with Crippen molar-refractivity contribution in [2.24, 2.45) is 0 Å². The quantitative estimate of drug-likeness (QED) is 0.651. The van der Waals surface area contributed by atoms with Crippen LogP contribution in [0.3, 0.4) is 0 Å². The van der Waals surface area contributed by atoms with E-state index in [-0.39, 0.29) is 18.1 Å². The van der Waals surface area contributed by atoms with Gasteiger partial charge in [0.15, 0.2) is 5.82 Å². The van der Waals surface area contributed by atoms with Crippen LogP contribution in [-0.4, -0.2) is 45.0 Å². The molecule has 148 valence electrons. The first kappa shape index (κ1) is 18.9. The minimum Gasteiger partial charge on any atom is -0.472 e. The van der Waals surface area contributed by atoms with Crippen molar-refractivity contribution in [3.63, 3.8) is 0 Å². The van der Waals surface area contributed by atoms with E-state index in [0.29, 0.717) is 30.3 Å². The lowest BCUT2D eigenvalue weighted by atomic mass is 10.1. The molecule has 0 saturated carbocycles. The second kappa shape index (κ2) is 8.26. The van der Waals surface area contributed by atoms with Gasteiger partial charge in [-0.2, -0.15) is 0 Å². The largest absolute Gasteiger partial charge is 0.472 e. The molecule has 4 rings (SSSR count). The molecule has 1 N–H and O–H groups in total. The fourth-order valence-corrected chi connectivity index (χ4v) is 3.45. The number of anilines is 1. The van der Waals surface area contributed by atoms with Crippen LogP contribution in [-0.2, 0) is 4.79 Å². The van der Waals surface area contributed by atoms with Crippen molar-refractivity contribution in [3.8, 4) is 5.88 Å². The van der Waals surface area contributed by atoms with Crippen LogP contribution in [0.5, 0.6) is 5.88 Å². The summed E-state index contributed by atoms with van der Waals surface area (Å²) in [6.45, 7) is 6.81. The van der Waals surface area contributed by atoms with E-state index in [1.165, 1.54) is 12.4 Å². The Morgan fingerprint density at radius 2 is 2.10 bits per heavy atom. The molecule has 0 aliphatic carbocycles. The summed E-state index contributed by atoms with van der Waals surface area (Å²) >= 11 is 0. The highest BCUT2D eigenvalue weighted by Crippen LogP contribution is 2.25. The van der Waals surface area contributed by atoms with Gasteiger partial charge in [0.05, 0.1) is 18.1 Å². The minimum absolute atomic E-state index is 0.0639. The van der Waals surface area contributed by atoms with Gasteiger partial charge >= 0.3 is 0 Å². The molecule has 1 amide bonds. The second-order valence-electron chi connectivity index (χ2n) is 7.03. The number of fused-ring (bicyclic) bond motifs is 1. The van der Waals surface area contributed by atoms with Crippen LogP contribution < -0.4 is 10.1 Å². The Bertz CT molecular complexity index is 1020. The Balaban J connectivity index is 1.53. The molecule has 1 aliphatic rings. The third-order valence-electron chi connectivity index (χ3n) is 5.03. The lowest BCUT2D eigenvalue weighted by molar-refractivity contribution is -0.125. The Morgan fingerprint density at radius 1 is 1.28 bits per heavy atom. The zero-order valence-electron chi connectivity index (χ0n) is 16.3. The summed E-state index contributed by atoms with van der Waals surface area (Å²) < 4.78 is 6.03. The zero-order valence-corrected chi connectivity index (χ0v) is 16.3. The van der Waals surface area contributed by atoms with Crippen LogP contribution in [0.4, 0.5) is 5.82 Å². The summed E-state index contributed by atoms with van der Waals surface area (Å²) in [5, 5.41) is 3.42. The molecule has 0 bridgehead atoms. The fraction of sp³-hybridized carbons (Fsp3) is 0.273. The highest BCUT2D eigenvalue weighted by Gasteiger charge is 2.26. The summed E-state index contributed by atoms with van der Waals surface area (Å²) in [5.41, 5.74) is 2.55. The average molecular weight is 389 g/mol. The molecule has 0 unspecified atom stereocenters. The molecule has 0 spiro atoms. The number of pyridine rings is 1. The normalized spacial score (nSPS) is 17.1. The Hall–Kier alpha value is -3.48. The number of hydrogen-bond donors (Lipinski definition) is 1. The first-order chi connectivity index (χ1) is 14.1. The van der Waals surface area contributed by atoms with Gasteiger partial charge < -0.3 is 15.0 Å². The van der Waals surface area contributed by atoms with Crippen LogP contribution >= 0.6 is 0 Å². The van der Waals surface area contributed by atoms with Gasteiger partial charge in [0.1, 0.15) is 17.9 Å². The summed E-state index contributed by atoms with van der Waals surface area (Å²) in [7, 11) is 0. The summed E-state index contributed by atoms with van der Waals surface area (Å²) in [5.74, 6) is 1.09. The standard InChI is InChI=1S/C22H23N5O2/c1-3-20(28)27-12-11-17(13-27)29-19-10-9-18-21(26-19)22(24-14-23-18)25-15(2)16-7-5-4-6-8-16/h3-10,14-15,17H,1,11-13H2,2H3,(H,23,24,25)/t15-,17+/m1/s1. The topological polar surface area (TPSA) is 80.2 Å². The summed E-state index contributed by atoms with van der Waals surface area (Å²) in [6, 6.07) is 13.9. The molecule has 1 saturated heterocycles. The molecule has 0 radical (unpaired) electrons. The van der Waals surface area contributed by atoms with E-state index in [1.54, 1.807) is 11.0 Å². The molecule has 7 nitrogen and oxygen atoms in total. The van der Waals surface area contributed by atoms with Crippen LogP contribution in [0, 0.1) is 0 Å². The van der Waals surface area contributed by atoms with Crippen molar-refractivity contribution in [3.05, 3.63) is 67.0 Å². The third-order valence-corrected chi connectivity index (χ3v) is 5.03. The van der Waals surface area contributed by atoms with E-state index in [2.05, 4.69) is 45.9 Å². The predicted octanol–water partition coefficient (Wildman–Crippen LogP) is 3.36. The molecule has 7 heteroatoms. The molecular formula is C22H23N5O2. The van der Waals surface area contributed by atoms with E-state index < -0.39 is 0 Å². The van der Waals surface area contributed by atoms with Crippen molar-refractivity contribution in [2.75, 3.05) is 18.4 Å². The molecule has 2 aromatic heterocycles. The van der Waals surface area contributed by atoms with Crippen molar-refractivity contribution >= 4 is 22.8 Å². The van der Waals surface area contributed by atoms with Crippen molar-refractivity contribution in [1.82, 2.24) is 19.9 Å². The number of nitrogens with one attached hydrogen (secondary N) is 1. The molecular weight excluding hydrogens is 366 g/mol. The average Bonchev–Trinajstić information content (AvgIpc) is 3.22. The van der Waals surface area contributed by atoms with Crippen LogP contribution in [0.15, 0.2) is 61.4 Å². The number of likely N-dealkylation sites (tertiary alicyclic amines) is 1. The number of carbonyl (C=O) groups is 1. The van der Waals surface area contributed by atoms with Gasteiger partial charge in [0.2, 0.25) is 11.8 Å². The Morgan fingerprint density at radius 3 is 2.90 bits per heavy atom. The molecule has 29 heavy (non-hydrogen) atoms. The number of nitrogens with zero attached hydrogens (tertiary/aromatic N) is 4. The molecule has 2 atom stereocenters. The van der Waals surface area contributed by atoms with Crippen LogP contribution in [0.2, 0.25) is 0 Å². The Kier molecular flexibility index (Phi) is 5.37. The van der Waals surface area contributed by atoms with Crippen LogP contribution in [0.1, 0.15) is 24.9 Å². The number of carbonyl (C=O) groups excluding carboxylic acids is 1. The zero-order chi connectivity index (χ0) is 20.2. The number of hydrogen-bond acceptors (Lipinski definition) is 6. The summed E-state index contributed by atoms with van der Waals surface area (Å²) in [6.07, 6.45) is 3.54. The fourth-order valence-electron chi connectivity index (χ4n) is 3.45. The molecule has 3 heterocycles. The number of ether oxygens (including phenoxy) is 1. The minimum atomic E-state index is -0.0897. The number of rotatable bonds is 6. The van der Waals surface area contributed by atoms with Gasteiger partial charge in [-0.05, 0) is 24.6 Å². The van der Waals surface area contributed by atoms with Crippen molar-refractivity contribution < 1.29 is 9.53 Å². The van der Waals surface area contributed by atoms with Gasteiger partial charge in [-0.15, -0.1) is 0 Å². The van der Waals surface area contributed by atoms with E-state index >= 15 is 0 Å². The molecule has 1 aromatic carbocycles. The highest BCUT2D eigenvalue weighted by molar-refractivity contribution is 5.87. The Labute approximate surface area is 169 Å². The van der Waals surface area contributed by atoms with E-state index in [9.17, 15) is 4.79 Å². The second-order valence-corrected chi connectivity index (χ2v) is 7.03. The smallest absolute Gasteiger partial charge is 0.246 e. The van der Waals surface area contributed by atoms with Gasteiger partial charge in [-0.1, -0.05) is 36.9 Å². The number of benzene rings is 1. The lowest BCUT2D eigenvalue weighted by Gasteiger charge is -2.17. The van der Waals surface area contributed by atoms with E-state index in [1.807, 2.05) is 24.3 Å². The molecule has 1 aliphatic heterocycles. The predicted molar refractivity (Wildman–Crippen MR) is 112 cm³/mol. The van der Waals surface area contributed by atoms with Gasteiger partial charge in [-0.3, -0.25) is 4.79 Å². The van der Waals surface area contributed by atoms with Crippen molar-refractivity contribution in [1.29, 1.82) is 0 Å². The number of aromatic nitrogens is 3. The summed E-state index contributed by atoms with van der Waals surface area (Å²) in [4.78, 5) is 26.8.